The van der Waals surface area contributed by atoms with Crippen molar-refractivity contribution in [3.05, 3.63) is 0 Å². The van der Waals surface area contributed by atoms with Crippen LogP contribution in [0.1, 0.15) is 40.0 Å². The van der Waals surface area contributed by atoms with E-state index in [1.165, 1.54) is 45.4 Å². The highest BCUT2D eigenvalue weighted by atomic mass is 15.2. The lowest BCUT2D eigenvalue weighted by Crippen LogP contribution is -2.49. The maximum atomic E-state index is 3.53. The Morgan fingerprint density at radius 1 is 1.25 bits per heavy atom. The molecule has 2 fully saturated rings. The van der Waals surface area contributed by atoms with E-state index in [4.69, 9.17) is 0 Å². The van der Waals surface area contributed by atoms with Crippen LogP contribution in [0.15, 0.2) is 0 Å². The van der Waals surface area contributed by atoms with E-state index < -0.39 is 0 Å². The highest BCUT2D eigenvalue weighted by Gasteiger charge is 2.30. The van der Waals surface area contributed by atoms with Crippen molar-refractivity contribution in [2.75, 3.05) is 26.2 Å². The van der Waals surface area contributed by atoms with Crippen molar-refractivity contribution >= 4 is 0 Å². The lowest BCUT2D eigenvalue weighted by Gasteiger charge is -2.43. The Labute approximate surface area is 101 Å². The predicted octanol–water partition coefficient (Wildman–Crippen LogP) is 2.35. The lowest BCUT2D eigenvalue weighted by atomic mass is 9.85. The Bertz CT molecular complexity index is 211. The molecule has 16 heavy (non-hydrogen) atoms. The molecule has 0 radical (unpaired) electrons. The molecule has 2 nitrogen and oxygen atoms in total. The van der Waals surface area contributed by atoms with Gasteiger partial charge in [0.1, 0.15) is 0 Å². The second-order valence-corrected chi connectivity index (χ2v) is 6.23. The van der Waals surface area contributed by atoms with Crippen molar-refractivity contribution in [1.29, 1.82) is 0 Å². The standard InChI is InChI=1S/C14H28N2/c1-11-7-12(2)13(3)16(9-11)10-14-5-4-6-15-8-14/h11-15H,4-10H2,1-3H3. The fourth-order valence-electron chi connectivity index (χ4n) is 3.48. The first kappa shape index (κ1) is 12.4. The predicted molar refractivity (Wildman–Crippen MR) is 69.6 cm³/mol. The second-order valence-electron chi connectivity index (χ2n) is 6.23. The zero-order valence-electron chi connectivity index (χ0n) is 11.2. The summed E-state index contributed by atoms with van der Waals surface area (Å²) in [5.74, 6) is 2.66. The van der Waals surface area contributed by atoms with Gasteiger partial charge in [-0.1, -0.05) is 13.8 Å². The molecule has 94 valence electrons. The number of rotatable bonds is 2. The van der Waals surface area contributed by atoms with Gasteiger partial charge in [0.25, 0.3) is 0 Å². The van der Waals surface area contributed by atoms with Gasteiger partial charge < -0.3 is 5.32 Å². The number of hydrogen-bond acceptors (Lipinski definition) is 2. The van der Waals surface area contributed by atoms with E-state index in [2.05, 4.69) is 31.0 Å². The molecule has 0 bridgehead atoms. The highest BCUT2D eigenvalue weighted by molar-refractivity contribution is 4.84. The summed E-state index contributed by atoms with van der Waals surface area (Å²) < 4.78 is 0. The zero-order valence-corrected chi connectivity index (χ0v) is 11.2. The van der Waals surface area contributed by atoms with Crippen molar-refractivity contribution in [2.45, 2.75) is 46.1 Å². The van der Waals surface area contributed by atoms with E-state index in [0.717, 1.165) is 23.8 Å². The smallest absolute Gasteiger partial charge is 0.00929 e. The summed E-state index contributed by atoms with van der Waals surface area (Å²) in [4.78, 5) is 2.75. The Morgan fingerprint density at radius 2 is 2.06 bits per heavy atom. The number of piperidine rings is 2. The monoisotopic (exact) mass is 224 g/mol. The van der Waals surface area contributed by atoms with E-state index in [1.807, 2.05) is 0 Å². The molecule has 0 aromatic rings. The van der Waals surface area contributed by atoms with E-state index >= 15 is 0 Å². The molecular weight excluding hydrogens is 196 g/mol. The molecule has 2 aliphatic heterocycles. The van der Waals surface area contributed by atoms with Gasteiger partial charge >= 0.3 is 0 Å². The molecule has 0 aromatic heterocycles. The zero-order chi connectivity index (χ0) is 11.5. The SMILES string of the molecule is CC1CC(C)C(C)N(CC2CCCNC2)C1. The van der Waals surface area contributed by atoms with Crippen LogP contribution in [-0.2, 0) is 0 Å². The topological polar surface area (TPSA) is 15.3 Å². The largest absolute Gasteiger partial charge is 0.316 e. The van der Waals surface area contributed by atoms with Gasteiger partial charge in [0.2, 0.25) is 0 Å². The molecule has 4 atom stereocenters. The average molecular weight is 224 g/mol. The first-order valence-electron chi connectivity index (χ1n) is 7.11. The fraction of sp³-hybridized carbons (Fsp3) is 1.00. The van der Waals surface area contributed by atoms with Gasteiger partial charge in [-0.15, -0.1) is 0 Å². The molecule has 2 aliphatic rings. The first-order chi connectivity index (χ1) is 7.66. The van der Waals surface area contributed by atoms with Crippen molar-refractivity contribution in [1.82, 2.24) is 10.2 Å². The van der Waals surface area contributed by atoms with Gasteiger partial charge in [-0.2, -0.15) is 0 Å². The normalized spacial score (nSPS) is 42.2. The minimum absolute atomic E-state index is 0.790. The third-order valence-electron chi connectivity index (χ3n) is 4.61. The van der Waals surface area contributed by atoms with Crippen LogP contribution in [0.2, 0.25) is 0 Å². The molecule has 0 spiro atoms. The van der Waals surface area contributed by atoms with E-state index in [-0.39, 0.29) is 0 Å². The number of likely N-dealkylation sites (tertiary alicyclic amines) is 1. The Morgan fingerprint density at radius 3 is 2.75 bits per heavy atom. The Kier molecular flexibility index (Phi) is 4.26. The van der Waals surface area contributed by atoms with E-state index in [9.17, 15) is 0 Å². The van der Waals surface area contributed by atoms with Gasteiger partial charge in [0.15, 0.2) is 0 Å². The van der Waals surface area contributed by atoms with Crippen LogP contribution in [0.4, 0.5) is 0 Å². The van der Waals surface area contributed by atoms with Crippen LogP contribution >= 0.6 is 0 Å². The number of nitrogens with one attached hydrogen (secondary N) is 1. The second kappa shape index (κ2) is 5.50. The molecule has 0 saturated carbocycles. The minimum Gasteiger partial charge on any atom is -0.316 e. The van der Waals surface area contributed by atoms with Crippen molar-refractivity contribution in [2.24, 2.45) is 17.8 Å². The fourth-order valence-corrected chi connectivity index (χ4v) is 3.48. The Balaban J connectivity index is 1.86. The summed E-state index contributed by atoms with van der Waals surface area (Å²) in [6, 6.07) is 0.790. The lowest BCUT2D eigenvalue weighted by molar-refractivity contribution is 0.0606. The van der Waals surface area contributed by atoms with Crippen molar-refractivity contribution in [3.8, 4) is 0 Å². The maximum Gasteiger partial charge on any atom is 0.00929 e. The summed E-state index contributed by atoms with van der Waals surface area (Å²) >= 11 is 0. The van der Waals surface area contributed by atoms with Gasteiger partial charge in [-0.25, -0.2) is 0 Å². The minimum atomic E-state index is 0.790. The molecule has 0 amide bonds. The molecule has 0 aliphatic carbocycles. The molecule has 0 aromatic carbocycles. The molecular formula is C14H28N2. The number of hydrogen-bond donors (Lipinski definition) is 1. The van der Waals surface area contributed by atoms with Gasteiger partial charge in [0, 0.05) is 19.1 Å². The summed E-state index contributed by atoms with van der Waals surface area (Å²) in [6.07, 6.45) is 4.22. The molecule has 1 N–H and O–H groups in total. The summed E-state index contributed by atoms with van der Waals surface area (Å²) in [7, 11) is 0. The van der Waals surface area contributed by atoms with Crippen molar-refractivity contribution < 1.29 is 0 Å². The molecule has 2 rings (SSSR count). The molecule has 2 heterocycles. The maximum absolute atomic E-state index is 3.53. The van der Waals surface area contributed by atoms with Gasteiger partial charge in [0.05, 0.1) is 0 Å². The summed E-state index contributed by atoms with van der Waals surface area (Å²) in [5, 5.41) is 3.53. The van der Waals surface area contributed by atoms with Crippen LogP contribution < -0.4 is 5.32 Å². The first-order valence-corrected chi connectivity index (χ1v) is 7.11. The van der Waals surface area contributed by atoms with Crippen molar-refractivity contribution in [3.63, 3.8) is 0 Å². The average Bonchev–Trinajstić information content (AvgIpc) is 2.27. The highest BCUT2D eigenvalue weighted by Crippen LogP contribution is 2.28. The Hall–Kier alpha value is -0.0800. The van der Waals surface area contributed by atoms with Crippen LogP contribution in [0.25, 0.3) is 0 Å². The van der Waals surface area contributed by atoms with E-state index in [0.29, 0.717) is 0 Å². The van der Waals surface area contributed by atoms with Crippen LogP contribution in [-0.4, -0.2) is 37.1 Å². The number of nitrogens with zero attached hydrogens (tertiary/aromatic N) is 1. The molecule has 4 unspecified atom stereocenters. The van der Waals surface area contributed by atoms with E-state index in [1.54, 1.807) is 0 Å². The summed E-state index contributed by atoms with van der Waals surface area (Å²) in [5.41, 5.74) is 0. The third-order valence-corrected chi connectivity index (χ3v) is 4.61. The van der Waals surface area contributed by atoms with Crippen LogP contribution in [0, 0.1) is 17.8 Å². The van der Waals surface area contributed by atoms with Gasteiger partial charge in [-0.05, 0) is 57.0 Å². The molecule has 2 saturated heterocycles. The summed E-state index contributed by atoms with van der Waals surface area (Å²) in [6.45, 7) is 12.4. The van der Waals surface area contributed by atoms with Crippen LogP contribution in [0.5, 0.6) is 0 Å². The third kappa shape index (κ3) is 2.98. The quantitative estimate of drug-likeness (QED) is 0.774. The molecule has 2 heteroatoms. The van der Waals surface area contributed by atoms with Crippen LogP contribution in [0.3, 0.4) is 0 Å². The van der Waals surface area contributed by atoms with Gasteiger partial charge in [-0.3, -0.25) is 4.90 Å².